The maximum absolute atomic E-state index is 12.8. The molecule has 1 aliphatic heterocycles. The van der Waals surface area contributed by atoms with Crippen LogP contribution < -0.4 is 5.32 Å². The predicted octanol–water partition coefficient (Wildman–Crippen LogP) is 2.42. The number of nitrogens with zero attached hydrogens (tertiary/aromatic N) is 3. The molecule has 2 aliphatic carbocycles. The molecule has 0 unspecified atom stereocenters. The van der Waals surface area contributed by atoms with Gasteiger partial charge in [0.2, 0.25) is 11.8 Å². The van der Waals surface area contributed by atoms with E-state index in [0.29, 0.717) is 11.8 Å². The monoisotopic (exact) mass is 358 g/mol. The standard InChI is InChI=1S/C20H30N4O2/c1-23-13-10-21-18(23)17(14-6-7-14)22-19(25)15-8-11-24(12-9-15)20(26)16-4-2-3-5-16/h10,13-17H,2-9,11-12H2,1H3,(H,22,25)/t17-/m1/s1. The Morgan fingerprint density at radius 3 is 2.35 bits per heavy atom. The van der Waals surface area contributed by atoms with Crippen molar-refractivity contribution in [3.05, 3.63) is 18.2 Å². The van der Waals surface area contributed by atoms with Crippen LogP contribution in [0.2, 0.25) is 0 Å². The summed E-state index contributed by atoms with van der Waals surface area (Å²) in [6.45, 7) is 1.45. The van der Waals surface area contributed by atoms with E-state index in [1.807, 2.05) is 22.7 Å². The van der Waals surface area contributed by atoms with Crippen LogP contribution in [-0.2, 0) is 16.6 Å². The van der Waals surface area contributed by atoms with Gasteiger partial charge >= 0.3 is 0 Å². The van der Waals surface area contributed by atoms with Crippen molar-refractivity contribution >= 4 is 11.8 Å². The van der Waals surface area contributed by atoms with Crippen LogP contribution in [0.4, 0.5) is 0 Å². The molecule has 2 saturated carbocycles. The molecular weight excluding hydrogens is 328 g/mol. The lowest BCUT2D eigenvalue weighted by Gasteiger charge is -2.33. The molecule has 0 bridgehead atoms. The minimum atomic E-state index is 0.0177. The third kappa shape index (κ3) is 3.64. The maximum atomic E-state index is 12.8. The SMILES string of the molecule is Cn1ccnc1[C@H](NC(=O)C1CCN(C(=O)C2CCCC2)CC1)C1CC1. The molecule has 142 valence electrons. The zero-order valence-corrected chi connectivity index (χ0v) is 15.7. The van der Waals surface area contributed by atoms with Crippen molar-refractivity contribution in [2.45, 2.75) is 57.4 Å². The molecule has 6 heteroatoms. The molecule has 0 aromatic carbocycles. The van der Waals surface area contributed by atoms with Gasteiger partial charge in [0.1, 0.15) is 5.82 Å². The van der Waals surface area contributed by atoms with E-state index in [9.17, 15) is 9.59 Å². The molecule has 2 amide bonds. The lowest BCUT2D eigenvalue weighted by Crippen LogP contribution is -2.45. The molecule has 1 N–H and O–H groups in total. The highest BCUT2D eigenvalue weighted by Crippen LogP contribution is 2.40. The molecule has 3 aliphatic rings. The van der Waals surface area contributed by atoms with Gasteiger partial charge in [-0.25, -0.2) is 4.98 Å². The van der Waals surface area contributed by atoms with Crippen LogP contribution in [0.1, 0.15) is 63.2 Å². The minimum Gasteiger partial charge on any atom is -0.346 e. The number of nitrogens with one attached hydrogen (secondary N) is 1. The second kappa shape index (κ2) is 7.41. The highest BCUT2D eigenvalue weighted by Gasteiger charge is 2.38. The molecule has 6 nitrogen and oxygen atoms in total. The molecule has 0 radical (unpaired) electrons. The fourth-order valence-corrected chi connectivity index (χ4v) is 4.56. The highest BCUT2D eigenvalue weighted by atomic mass is 16.2. The van der Waals surface area contributed by atoms with Crippen molar-refractivity contribution in [2.24, 2.45) is 24.8 Å². The summed E-state index contributed by atoms with van der Waals surface area (Å²) in [6.07, 6.45) is 12.1. The normalized spacial score (nSPS) is 23.2. The van der Waals surface area contributed by atoms with Gasteiger partial charge in [0.25, 0.3) is 0 Å². The van der Waals surface area contributed by atoms with E-state index >= 15 is 0 Å². The number of piperidine rings is 1. The van der Waals surface area contributed by atoms with Gasteiger partial charge in [-0.15, -0.1) is 0 Å². The van der Waals surface area contributed by atoms with Gasteiger partial charge in [-0.05, 0) is 44.4 Å². The summed E-state index contributed by atoms with van der Waals surface area (Å²) in [5.74, 6) is 2.19. The minimum absolute atomic E-state index is 0.0177. The molecule has 26 heavy (non-hydrogen) atoms. The number of aromatic nitrogens is 2. The molecule has 2 heterocycles. The van der Waals surface area contributed by atoms with Crippen molar-refractivity contribution in [1.29, 1.82) is 0 Å². The summed E-state index contributed by atoms with van der Waals surface area (Å²) in [7, 11) is 1.98. The summed E-state index contributed by atoms with van der Waals surface area (Å²) in [5, 5.41) is 3.27. The molecular formula is C20H30N4O2. The number of likely N-dealkylation sites (tertiary alicyclic amines) is 1. The van der Waals surface area contributed by atoms with E-state index in [1.165, 1.54) is 12.8 Å². The lowest BCUT2D eigenvalue weighted by molar-refractivity contribution is -0.139. The average Bonchev–Trinajstić information content (AvgIpc) is 3.17. The quantitative estimate of drug-likeness (QED) is 0.879. The van der Waals surface area contributed by atoms with Crippen LogP contribution in [0.25, 0.3) is 0 Å². The van der Waals surface area contributed by atoms with Crippen LogP contribution in [0.15, 0.2) is 12.4 Å². The Morgan fingerprint density at radius 1 is 1.08 bits per heavy atom. The number of carbonyl (C=O) groups excluding carboxylic acids is 2. The first kappa shape index (κ1) is 17.6. The number of hydrogen-bond acceptors (Lipinski definition) is 3. The van der Waals surface area contributed by atoms with Gasteiger partial charge < -0.3 is 14.8 Å². The predicted molar refractivity (Wildman–Crippen MR) is 98.1 cm³/mol. The zero-order chi connectivity index (χ0) is 18.1. The molecule has 3 fully saturated rings. The molecule has 0 spiro atoms. The van der Waals surface area contributed by atoms with E-state index in [4.69, 9.17) is 0 Å². The highest BCUT2D eigenvalue weighted by molar-refractivity contribution is 5.81. The first-order valence-corrected chi connectivity index (χ1v) is 10.2. The fraction of sp³-hybridized carbons (Fsp3) is 0.750. The van der Waals surface area contributed by atoms with Crippen molar-refractivity contribution in [2.75, 3.05) is 13.1 Å². The van der Waals surface area contributed by atoms with Crippen molar-refractivity contribution < 1.29 is 9.59 Å². The molecule has 1 aromatic heterocycles. The summed E-state index contributed by atoms with van der Waals surface area (Å²) >= 11 is 0. The number of amides is 2. The van der Waals surface area contributed by atoms with Crippen LogP contribution in [-0.4, -0.2) is 39.4 Å². The van der Waals surface area contributed by atoms with Crippen molar-refractivity contribution in [3.63, 3.8) is 0 Å². The Hall–Kier alpha value is -1.85. The van der Waals surface area contributed by atoms with Crippen LogP contribution in [0.5, 0.6) is 0 Å². The second-order valence-electron chi connectivity index (χ2n) is 8.30. The van der Waals surface area contributed by atoms with Crippen molar-refractivity contribution in [3.8, 4) is 0 Å². The van der Waals surface area contributed by atoms with Crippen LogP contribution in [0.3, 0.4) is 0 Å². The van der Waals surface area contributed by atoms with Gasteiger partial charge in [-0.3, -0.25) is 9.59 Å². The van der Waals surface area contributed by atoms with Crippen LogP contribution in [0, 0.1) is 17.8 Å². The van der Waals surface area contributed by atoms with Gasteiger partial charge in [0.15, 0.2) is 0 Å². The largest absolute Gasteiger partial charge is 0.346 e. The average molecular weight is 358 g/mol. The first-order chi connectivity index (χ1) is 12.6. The Balaban J connectivity index is 1.32. The molecule has 1 saturated heterocycles. The number of aryl methyl sites for hydroxylation is 1. The second-order valence-corrected chi connectivity index (χ2v) is 8.30. The summed E-state index contributed by atoms with van der Waals surface area (Å²) < 4.78 is 2.01. The van der Waals surface area contributed by atoms with E-state index in [2.05, 4.69) is 10.3 Å². The Morgan fingerprint density at radius 2 is 1.77 bits per heavy atom. The van der Waals surface area contributed by atoms with Gasteiger partial charge in [-0.1, -0.05) is 12.8 Å². The first-order valence-electron chi connectivity index (χ1n) is 10.2. The Labute approximate surface area is 155 Å². The molecule has 1 atom stereocenters. The van der Waals surface area contributed by atoms with E-state index in [0.717, 1.165) is 57.4 Å². The van der Waals surface area contributed by atoms with Gasteiger partial charge in [0, 0.05) is 44.4 Å². The summed E-state index contributed by atoms with van der Waals surface area (Å²) in [4.78, 5) is 31.8. The smallest absolute Gasteiger partial charge is 0.225 e. The van der Waals surface area contributed by atoms with Crippen LogP contribution >= 0.6 is 0 Å². The Kier molecular flexibility index (Phi) is 5.00. The Bertz CT molecular complexity index is 653. The number of hydrogen-bond donors (Lipinski definition) is 1. The third-order valence-electron chi connectivity index (χ3n) is 6.41. The third-order valence-corrected chi connectivity index (χ3v) is 6.41. The lowest BCUT2D eigenvalue weighted by atomic mass is 9.94. The number of imidazole rings is 1. The molecule has 4 rings (SSSR count). The van der Waals surface area contributed by atoms with Gasteiger partial charge in [0.05, 0.1) is 6.04 Å². The van der Waals surface area contributed by atoms with Crippen molar-refractivity contribution in [1.82, 2.24) is 19.8 Å². The zero-order valence-electron chi connectivity index (χ0n) is 15.7. The summed E-state index contributed by atoms with van der Waals surface area (Å²) in [5.41, 5.74) is 0. The van der Waals surface area contributed by atoms with E-state index in [1.54, 1.807) is 6.20 Å². The topological polar surface area (TPSA) is 67.2 Å². The molecule has 1 aromatic rings. The van der Waals surface area contributed by atoms with E-state index in [-0.39, 0.29) is 23.8 Å². The maximum Gasteiger partial charge on any atom is 0.225 e. The fourth-order valence-electron chi connectivity index (χ4n) is 4.56. The van der Waals surface area contributed by atoms with E-state index < -0.39 is 0 Å². The summed E-state index contributed by atoms with van der Waals surface area (Å²) in [6, 6.07) is 0.0284. The number of carbonyl (C=O) groups is 2. The van der Waals surface area contributed by atoms with Gasteiger partial charge in [-0.2, -0.15) is 0 Å². The number of rotatable bonds is 5.